The van der Waals surface area contributed by atoms with E-state index in [4.69, 9.17) is 21.6 Å². The number of ether oxygens (including phenoxy) is 1. The average Bonchev–Trinajstić information content (AvgIpc) is 2.64. The molecular weight excluding hydrogens is 378 g/mol. The fourth-order valence-corrected chi connectivity index (χ4v) is 3.62. The zero-order chi connectivity index (χ0) is 20.7. The fraction of sp³-hybridized carbons (Fsp3) is 0.571. The Morgan fingerprint density at radius 2 is 2.14 bits per heavy atom. The standard InChI is InChI=1S/C21H28ClN3O3/c1-21(2,3)28-20(27)24-9-10-25(19(26)12-22)14-17-6-4-5-16-11-15(13-23)7-8-18(16)17/h7-8,11,17H,4-6,9-10,12,14H2,1-3H3,(H,24,27)/t17-/m0/s1. The molecule has 1 aliphatic rings. The van der Waals surface area contributed by atoms with Crippen molar-refractivity contribution >= 4 is 23.6 Å². The van der Waals surface area contributed by atoms with Gasteiger partial charge in [-0.2, -0.15) is 5.26 Å². The van der Waals surface area contributed by atoms with Crippen LogP contribution < -0.4 is 5.32 Å². The Morgan fingerprint density at radius 3 is 2.79 bits per heavy atom. The summed E-state index contributed by atoms with van der Waals surface area (Å²) in [6, 6.07) is 7.95. The van der Waals surface area contributed by atoms with Crippen molar-refractivity contribution in [2.75, 3.05) is 25.5 Å². The van der Waals surface area contributed by atoms with E-state index in [1.807, 2.05) is 18.2 Å². The number of amides is 2. The number of fused-ring (bicyclic) bond motifs is 1. The maximum Gasteiger partial charge on any atom is 0.407 e. The first-order valence-corrected chi connectivity index (χ1v) is 10.1. The van der Waals surface area contributed by atoms with E-state index >= 15 is 0 Å². The summed E-state index contributed by atoms with van der Waals surface area (Å²) in [5.41, 5.74) is 2.47. The number of hydrogen-bond acceptors (Lipinski definition) is 4. The van der Waals surface area contributed by atoms with Crippen molar-refractivity contribution in [3.8, 4) is 6.07 Å². The Kier molecular flexibility index (Phi) is 7.70. The second-order valence-electron chi connectivity index (χ2n) is 8.02. The van der Waals surface area contributed by atoms with Gasteiger partial charge in [-0.1, -0.05) is 6.07 Å². The van der Waals surface area contributed by atoms with E-state index < -0.39 is 11.7 Å². The van der Waals surface area contributed by atoms with E-state index in [2.05, 4.69) is 11.4 Å². The summed E-state index contributed by atoms with van der Waals surface area (Å²) in [6.45, 7) is 6.61. The first-order chi connectivity index (χ1) is 13.2. The molecule has 0 aliphatic heterocycles. The van der Waals surface area contributed by atoms with Crippen LogP contribution in [0.5, 0.6) is 0 Å². The molecule has 0 radical (unpaired) electrons. The number of rotatable bonds is 6. The quantitative estimate of drug-likeness (QED) is 0.733. The smallest absolute Gasteiger partial charge is 0.407 e. The normalized spacial score (nSPS) is 15.9. The number of alkyl halides is 1. The summed E-state index contributed by atoms with van der Waals surface area (Å²) in [4.78, 5) is 25.8. The third-order valence-corrected chi connectivity index (χ3v) is 4.90. The second kappa shape index (κ2) is 9.79. The van der Waals surface area contributed by atoms with Gasteiger partial charge >= 0.3 is 6.09 Å². The third kappa shape index (κ3) is 6.42. The molecule has 1 N–H and O–H groups in total. The van der Waals surface area contributed by atoms with Gasteiger partial charge in [-0.25, -0.2) is 4.79 Å². The highest BCUT2D eigenvalue weighted by molar-refractivity contribution is 6.27. The van der Waals surface area contributed by atoms with E-state index in [-0.39, 0.29) is 17.7 Å². The van der Waals surface area contributed by atoms with Gasteiger partial charge in [0.15, 0.2) is 0 Å². The number of nitrogens with one attached hydrogen (secondary N) is 1. The van der Waals surface area contributed by atoms with Gasteiger partial charge in [0.2, 0.25) is 5.91 Å². The van der Waals surface area contributed by atoms with E-state index in [0.29, 0.717) is 25.2 Å². The highest BCUT2D eigenvalue weighted by Gasteiger charge is 2.25. The Bertz CT molecular complexity index is 752. The van der Waals surface area contributed by atoms with Gasteiger partial charge in [0.1, 0.15) is 11.5 Å². The number of benzene rings is 1. The molecule has 0 bridgehead atoms. The van der Waals surface area contributed by atoms with Gasteiger partial charge < -0.3 is 15.0 Å². The Balaban J connectivity index is 2.01. The number of carbonyl (C=O) groups excluding carboxylic acids is 2. The summed E-state index contributed by atoms with van der Waals surface area (Å²) >= 11 is 5.79. The van der Waals surface area contributed by atoms with E-state index in [1.165, 1.54) is 11.1 Å². The lowest BCUT2D eigenvalue weighted by Crippen LogP contribution is -2.42. The molecule has 0 heterocycles. The predicted octanol–water partition coefficient (Wildman–Crippen LogP) is 3.57. The molecule has 0 spiro atoms. The molecule has 1 aliphatic carbocycles. The maximum atomic E-state index is 12.3. The van der Waals surface area contributed by atoms with Crippen LogP contribution in [0.2, 0.25) is 0 Å². The van der Waals surface area contributed by atoms with Crippen LogP contribution in [0.3, 0.4) is 0 Å². The minimum atomic E-state index is -0.566. The molecule has 0 fully saturated rings. The van der Waals surface area contributed by atoms with Gasteiger partial charge in [-0.05, 0) is 63.3 Å². The lowest BCUT2D eigenvalue weighted by Gasteiger charge is -2.31. The maximum absolute atomic E-state index is 12.3. The zero-order valence-electron chi connectivity index (χ0n) is 16.8. The zero-order valence-corrected chi connectivity index (χ0v) is 17.5. The van der Waals surface area contributed by atoms with Crippen LogP contribution in [0.25, 0.3) is 0 Å². The molecule has 1 atom stereocenters. The first-order valence-electron chi connectivity index (χ1n) is 9.57. The number of nitriles is 1. The van der Waals surface area contributed by atoms with Crippen LogP contribution in [-0.2, 0) is 16.0 Å². The predicted molar refractivity (Wildman–Crippen MR) is 108 cm³/mol. The van der Waals surface area contributed by atoms with Gasteiger partial charge in [0.05, 0.1) is 11.6 Å². The first kappa shape index (κ1) is 22.0. The number of halogens is 1. The number of aryl methyl sites for hydroxylation is 1. The van der Waals surface area contributed by atoms with Crippen LogP contribution in [0.1, 0.15) is 56.2 Å². The topological polar surface area (TPSA) is 82.4 Å². The van der Waals surface area contributed by atoms with E-state index in [0.717, 1.165) is 19.3 Å². The largest absolute Gasteiger partial charge is 0.444 e. The van der Waals surface area contributed by atoms with Crippen molar-refractivity contribution in [2.24, 2.45) is 0 Å². The number of hydrogen-bond donors (Lipinski definition) is 1. The summed E-state index contributed by atoms with van der Waals surface area (Å²) in [6.07, 6.45) is 2.44. The highest BCUT2D eigenvalue weighted by Crippen LogP contribution is 2.32. The summed E-state index contributed by atoms with van der Waals surface area (Å²) < 4.78 is 5.22. The number of alkyl carbamates (subject to hydrolysis) is 1. The minimum absolute atomic E-state index is 0.0978. The Morgan fingerprint density at radius 1 is 1.39 bits per heavy atom. The highest BCUT2D eigenvalue weighted by atomic mass is 35.5. The minimum Gasteiger partial charge on any atom is -0.444 e. The number of nitrogens with zero attached hydrogens (tertiary/aromatic N) is 2. The Hall–Kier alpha value is -2.26. The molecule has 0 saturated heterocycles. The van der Waals surface area contributed by atoms with Crippen molar-refractivity contribution in [1.82, 2.24) is 10.2 Å². The molecule has 2 amide bonds. The van der Waals surface area contributed by atoms with E-state index in [9.17, 15) is 9.59 Å². The molecule has 0 saturated carbocycles. The van der Waals surface area contributed by atoms with Gasteiger partial charge in [-0.15, -0.1) is 11.6 Å². The van der Waals surface area contributed by atoms with Crippen molar-refractivity contribution in [1.29, 1.82) is 5.26 Å². The lowest BCUT2D eigenvalue weighted by atomic mass is 9.82. The van der Waals surface area contributed by atoms with Crippen molar-refractivity contribution < 1.29 is 14.3 Å². The van der Waals surface area contributed by atoms with E-state index in [1.54, 1.807) is 25.7 Å². The third-order valence-electron chi connectivity index (χ3n) is 4.67. The van der Waals surface area contributed by atoms with Crippen LogP contribution in [0.15, 0.2) is 18.2 Å². The molecule has 0 unspecified atom stereocenters. The molecule has 1 aromatic carbocycles. The molecule has 7 heteroatoms. The van der Waals surface area contributed by atoms with Gasteiger partial charge in [0, 0.05) is 25.6 Å². The van der Waals surface area contributed by atoms with Crippen molar-refractivity contribution in [3.05, 3.63) is 34.9 Å². The molecule has 6 nitrogen and oxygen atoms in total. The summed E-state index contributed by atoms with van der Waals surface area (Å²) in [5.74, 6) is -0.0575. The molecule has 152 valence electrons. The SMILES string of the molecule is CC(C)(C)OC(=O)NCCN(C[C@@H]1CCCc2cc(C#N)ccc21)C(=O)CCl. The fourth-order valence-electron chi connectivity index (χ4n) is 3.45. The monoisotopic (exact) mass is 405 g/mol. The second-order valence-corrected chi connectivity index (χ2v) is 8.28. The molecule has 0 aromatic heterocycles. The molecular formula is C21H28ClN3O3. The average molecular weight is 406 g/mol. The molecule has 28 heavy (non-hydrogen) atoms. The molecule has 1 aromatic rings. The van der Waals surface area contributed by atoms with Crippen molar-refractivity contribution in [2.45, 2.75) is 51.6 Å². The van der Waals surface area contributed by atoms with Crippen LogP contribution in [0, 0.1) is 11.3 Å². The van der Waals surface area contributed by atoms with Crippen LogP contribution in [0.4, 0.5) is 4.79 Å². The number of carbonyl (C=O) groups is 2. The van der Waals surface area contributed by atoms with Gasteiger partial charge in [0.25, 0.3) is 0 Å². The van der Waals surface area contributed by atoms with Crippen LogP contribution >= 0.6 is 11.6 Å². The lowest BCUT2D eigenvalue weighted by molar-refractivity contribution is -0.128. The molecule has 2 rings (SSSR count). The van der Waals surface area contributed by atoms with Crippen molar-refractivity contribution in [3.63, 3.8) is 0 Å². The van der Waals surface area contributed by atoms with Gasteiger partial charge in [-0.3, -0.25) is 4.79 Å². The summed E-state index contributed by atoms with van der Waals surface area (Å²) in [7, 11) is 0. The Labute approximate surface area is 171 Å². The van der Waals surface area contributed by atoms with Crippen LogP contribution in [-0.4, -0.2) is 48.0 Å². The summed E-state index contributed by atoms with van der Waals surface area (Å²) in [5, 5.41) is 11.8.